The zero-order valence-electron chi connectivity index (χ0n) is 45.5. The fourth-order valence-corrected chi connectivity index (χ4v) is 11.8. The summed E-state index contributed by atoms with van der Waals surface area (Å²) in [7, 11) is 6.78. The molecule has 0 unspecified atom stereocenters. The molecule has 3 aromatic rings. The van der Waals surface area contributed by atoms with Crippen LogP contribution in [0, 0.1) is 10.1 Å². The van der Waals surface area contributed by atoms with Gasteiger partial charge in [-0.25, -0.2) is 0 Å². The molecule has 2 aromatic heterocycles. The van der Waals surface area contributed by atoms with Crippen molar-refractivity contribution in [2.75, 3.05) is 76.2 Å². The summed E-state index contributed by atoms with van der Waals surface area (Å²) in [6.45, 7) is 9.30. The van der Waals surface area contributed by atoms with Gasteiger partial charge < -0.3 is 68.0 Å². The molecule has 78 heavy (non-hydrogen) atoms. The van der Waals surface area contributed by atoms with Gasteiger partial charge in [0, 0.05) is 72.7 Å². The molecule has 428 valence electrons. The lowest BCUT2D eigenvalue weighted by atomic mass is 9.97. The summed E-state index contributed by atoms with van der Waals surface area (Å²) in [6, 6.07) is 5.06. The topological polar surface area (TPSA) is 297 Å². The van der Waals surface area contributed by atoms with Crippen LogP contribution in [-0.4, -0.2) is 172 Å². The first-order valence-corrected chi connectivity index (χ1v) is 27.4. The highest BCUT2D eigenvalue weighted by Crippen LogP contribution is 2.41. The van der Waals surface area contributed by atoms with E-state index in [2.05, 4.69) is 16.0 Å². The molecule has 2 aliphatic heterocycles. The Morgan fingerprint density at radius 1 is 0.821 bits per heavy atom. The normalized spacial score (nSPS) is 18.9. The Balaban J connectivity index is 1.43. The van der Waals surface area contributed by atoms with Gasteiger partial charge in [-0.3, -0.25) is 48.5 Å². The van der Waals surface area contributed by atoms with Crippen molar-refractivity contribution in [2.45, 2.75) is 115 Å². The molecular weight excluding hydrogens is 1060 g/mol. The number of esters is 4. The van der Waals surface area contributed by atoms with Crippen LogP contribution >= 0.6 is 23.5 Å². The first-order chi connectivity index (χ1) is 37.1. The van der Waals surface area contributed by atoms with Gasteiger partial charge in [-0.1, -0.05) is 13.8 Å². The maximum Gasteiger partial charge on any atom is 0.303 e. The Hall–Kier alpha value is -6.84. The quantitative estimate of drug-likeness (QED) is 0.0222. The summed E-state index contributed by atoms with van der Waals surface area (Å²) in [4.78, 5) is 121. The van der Waals surface area contributed by atoms with Crippen LogP contribution < -0.4 is 25.4 Å². The number of aromatic nitrogens is 2. The summed E-state index contributed by atoms with van der Waals surface area (Å²) in [5.41, 5.74) is -0.418. The maximum atomic E-state index is 14.5. The lowest BCUT2D eigenvalue weighted by molar-refractivity contribution is -0.385. The number of thioether (sulfide) groups is 2. The number of aryl methyl sites for hydroxylation is 1. The van der Waals surface area contributed by atoms with E-state index in [0.717, 1.165) is 64.7 Å². The number of benzene rings is 1. The predicted octanol–water partition coefficient (Wildman–Crippen LogP) is 5.17. The zero-order valence-corrected chi connectivity index (χ0v) is 47.1. The minimum Gasteiger partial charge on any atom is -0.493 e. The third-order valence-corrected chi connectivity index (χ3v) is 15.0. The molecule has 5 rings (SSSR count). The molecule has 1 aromatic carbocycles. The van der Waals surface area contributed by atoms with Gasteiger partial charge in [-0.2, -0.15) is 0 Å². The van der Waals surface area contributed by atoms with E-state index < -0.39 is 95.4 Å². The highest BCUT2D eigenvalue weighted by Gasteiger charge is 2.53. The van der Waals surface area contributed by atoms with E-state index in [1.807, 2.05) is 32.8 Å². The minimum atomic E-state index is -1.65. The Bertz CT molecular complexity index is 2650. The fourth-order valence-electron chi connectivity index (χ4n) is 8.97. The van der Waals surface area contributed by atoms with E-state index in [-0.39, 0.29) is 69.9 Å². The van der Waals surface area contributed by atoms with Crippen molar-refractivity contribution in [1.29, 1.82) is 0 Å². The van der Waals surface area contributed by atoms with Gasteiger partial charge >= 0.3 is 23.9 Å². The number of carbonyl (C=O) groups is 8. The number of nitro groups is 1. The number of ether oxygens (including phenoxy) is 7. The Morgan fingerprint density at radius 2 is 1.46 bits per heavy atom. The monoisotopic (exact) mass is 1130 g/mol. The van der Waals surface area contributed by atoms with Crippen molar-refractivity contribution in [3.8, 4) is 11.5 Å². The lowest BCUT2D eigenvalue weighted by Crippen LogP contribution is -2.60. The molecule has 6 atom stereocenters. The molecule has 0 radical (unpaired) electrons. The molecule has 27 heteroatoms. The van der Waals surface area contributed by atoms with Gasteiger partial charge in [-0.05, 0) is 70.0 Å². The third-order valence-electron chi connectivity index (χ3n) is 12.2. The maximum absolute atomic E-state index is 14.5. The molecule has 4 heterocycles. The molecule has 3 N–H and O–H groups in total. The standard InChI is InChI=1S/C51H70N8O17S2/c1-11-77-51(78-12-2)36-16-13-20-57(36)49(67)35-24-40(70-10)41(25-37(35)59(68)69)71-21-14-17-43(64)53-34-23-39(48(66)54-33-22-38(56(9)26-33)47(65)52-18-15-19-55(7)8)58(27-34)50-46(75-32(6)63)45(74-31(5)62)44(73-30(4)61)42(76-50)28-72-29(3)60/h22-27,36,42,44-46,50-51H,11-21,28H2,1-10H3,(H,52,65)(H,53,64)(H,54,66)/t36-,42-,44-,45-,46-,50+/m1/s1. The van der Waals surface area contributed by atoms with Crippen molar-refractivity contribution >= 4 is 88.1 Å². The van der Waals surface area contributed by atoms with Crippen LogP contribution in [0.25, 0.3) is 0 Å². The smallest absolute Gasteiger partial charge is 0.303 e. The number of likely N-dealkylation sites (tertiary alicyclic amines) is 1. The number of carbonyl (C=O) groups excluding carboxylic acids is 8. The van der Waals surface area contributed by atoms with Gasteiger partial charge in [0.05, 0.1) is 46.7 Å². The second-order valence-corrected chi connectivity index (χ2v) is 21.6. The van der Waals surface area contributed by atoms with Crippen LogP contribution in [0.2, 0.25) is 0 Å². The second kappa shape index (κ2) is 29.2. The molecule has 0 saturated carbocycles. The van der Waals surface area contributed by atoms with E-state index in [9.17, 15) is 48.5 Å². The number of hydrogen-bond donors (Lipinski definition) is 3. The minimum absolute atomic E-state index is 0.00969. The lowest BCUT2D eigenvalue weighted by Gasteiger charge is -2.45. The average molecular weight is 1130 g/mol. The van der Waals surface area contributed by atoms with E-state index >= 15 is 0 Å². The number of amides is 4. The van der Waals surface area contributed by atoms with E-state index in [1.54, 1.807) is 35.5 Å². The summed E-state index contributed by atoms with van der Waals surface area (Å²) in [6.07, 6.45) is -2.92. The molecule has 2 fully saturated rings. The van der Waals surface area contributed by atoms with Gasteiger partial charge in [0.1, 0.15) is 29.7 Å². The van der Waals surface area contributed by atoms with Crippen LogP contribution in [0.1, 0.15) is 111 Å². The second-order valence-electron chi connectivity index (χ2n) is 18.5. The highest BCUT2D eigenvalue weighted by atomic mass is 32.2. The highest BCUT2D eigenvalue weighted by molar-refractivity contribution is 8.17. The Kier molecular flexibility index (Phi) is 23.2. The first-order valence-electron chi connectivity index (χ1n) is 25.3. The number of anilines is 2. The van der Waals surface area contributed by atoms with Gasteiger partial charge in [0.15, 0.2) is 36.0 Å². The number of rotatable bonds is 27. The summed E-state index contributed by atoms with van der Waals surface area (Å²) in [5, 5.41) is 20.8. The summed E-state index contributed by atoms with van der Waals surface area (Å²) in [5.74, 6) is -3.93. The molecule has 0 bridgehead atoms. The van der Waals surface area contributed by atoms with Crippen LogP contribution in [0.3, 0.4) is 0 Å². The largest absolute Gasteiger partial charge is 0.493 e. The van der Waals surface area contributed by atoms with Crippen LogP contribution in [0.15, 0.2) is 36.7 Å². The van der Waals surface area contributed by atoms with Gasteiger partial charge in [0.2, 0.25) is 5.91 Å². The van der Waals surface area contributed by atoms with Crippen molar-refractivity contribution in [3.63, 3.8) is 0 Å². The molecular formula is C51H70N8O17S2. The number of methoxy groups -OCH3 is 1. The first kappa shape index (κ1) is 62.0. The van der Waals surface area contributed by atoms with Crippen LogP contribution in [0.4, 0.5) is 17.1 Å². The van der Waals surface area contributed by atoms with Crippen molar-refractivity contribution in [3.05, 3.63) is 63.7 Å². The van der Waals surface area contributed by atoms with Crippen molar-refractivity contribution in [2.24, 2.45) is 7.05 Å². The predicted molar refractivity (Wildman–Crippen MR) is 288 cm³/mol. The summed E-state index contributed by atoms with van der Waals surface area (Å²) >= 11 is 3.49. The van der Waals surface area contributed by atoms with Gasteiger partial charge in [-0.15, -0.1) is 23.5 Å². The van der Waals surface area contributed by atoms with E-state index in [0.29, 0.717) is 19.5 Å². The average Bonchev–Trinajstić information content (AvgIpc) is 4.17. The number of hydrogen-bond acceptors (Lipinski definition) is 20. The number of nitrogens with zero attached hydrogens (tertiary/aromatic N) is 5. The molecule has 2 saturated heterocycles. The fraction of sp³-hybridized carbons (Fsp3) is 0.569. The molecule has 4 amide bonds. The van der Waals surface area contributed by atoms with E-state index in [1.165, 1.54) is 46.8 Å². The van der Waals surface area contributed by atoms with Crippen LogP contribution in [0.5, 0.6) is 11.5 Å². The molecule has 2 aliphatic rings. The van der Waals surface area contributed by atoms with E-state index in [4.69, 9.17) is 33.2 Å². The zero-order chi connectivity index (χ0) is 57.4. The third kappa shape index (κ3) is 16.8. The Morgan fingerprint density at radius 3 is 2.08 bits per heavy atom. The summed E-state index contributed by atoms with van der Waals surface area (Å²) < 4.78 is 42.8. The Labute approximate surface area is 460 Å². The molecule has 0 aliphatic carbocycles. The SMILES string of the molecule is CCSC(SCC)[C@H]1CCCN1C(=O)c1cc(OC)c(OCCCC(=O)Nc2cc(C(=O)Nc3cc(C(=O)NCCCN(C)C)n(C)c3)n([C@H]3O[C@H](COC(C)=O)[C@@H](OC(C)=O)[C@@H](OC(C)=O)[C@H]3OC(C)=O)c2)cc1[N+](=O)[O-]. The number of nitrogens with one attached hydrogen (secondary N) is 3. The van der Waals surface area contributed by atoms with Crippen molar-refractivity contribution in [1.82, 2.24) is 24.3 Å². The molecule has 25 nitrogen and oxygen atoms in total. The van der Waals surface area contributed by atoms with Gasteiger partial charge in [0.25, 0.3) is 23.4 Å². The van der Waals surface area contributed by atoms with Crippen LogP contribution in [-0.2, 0) is 54.7 Å². The van der Waals surface area contributed by atoms with Crippen molar-refractivity contribution < 1.29 is 76.4 Å². The number of nitro benzene ring substituents is 1. The molecule has 0 spiro atoms.